The molecule has 0 saturated heterocycles. The van der Waals surface area contributed by atoms with E-state index < -0.39 is 0 Å². The molecule has 0 unspecified atom stereocenters. The molecule has 4 aliphatic rings. The van der Waals surface area contributed by atoms with Gasteiger partial charge in [-0.25, -0.2) is 0 Å². The van der Waals surface area contributed by atoms with Gasteiger partial charge in [0.05, 0.1) is 0 Å². The Hall–Kier alpha value is -0.520. The maximum atomic E-state index is 2.78. The van der Waals surface area contributed by atoms with Gasteiger partial charge in [0.25, 0.3) is 0 Å². The van der Waals surface area contributed by atoms with Gasteiger partial charge < -0.3 is 0 Å². The first-order valence-corrected chi connectivity index (χ1v) is 14.6. The van der Waals surface area contributed by atoms with Gasteiger partial charge in [0.2, 0.25) is 0 Å². The van der Waals surface area contributed by atoms with Crippen LogP contribution in [0, 0.1) is 56.7 Å². The Labute approximate surface area is 207 Å². The van der Waals surface area contributed by atoms with Crippen molar-refractivity contribution in [2.45, 2.75) is 128 Å². The predicted octanol–water partition coefficient (Wildman–Crippen LogP) is 10.2. The molecule has 33 heavy (non-hydrogen) atoms. The Morgan fingerprint density at radius 3 is 2.00 bits per heavy atom. The lowest BCUT2D eigenvalue weighted by atomic mass is 9.37. The first kappa shape index (κ1) is 25.6. The van der Waals surface area contributed by atoms with Crippen LogP contribution in [0.2, 0.25) is 0 Å². The Morgan fingerprint density at radius 2 is 1.36 bits per heavy atom. The van der Waals surface area contributed by atoms with Crippen LogP contribution in [0.15, 0.2) is 23.3 Å². The summed E-state index contributed by atoms with van der Waals surface area (Å²) >= 11 is 0. The molecule has 8 atom stereocenters. The van der Waals surface area contributed by atoms with Crippen molar-refractivity contribution in [2.75, 3.05) is 0 Å². The second-order valence-electron chi connectivity index (χ2n) is 15.1. The zero-order valence-electron chi connectivity index (χ0n) is 24.2. The second-order valence-corrected chi connectivity index (χ2v) is 15.1. The van der Waals surface area contributed by atoms with Crippen LogP contribution in [0.5, 0.6) is 0 Å². The molecule has 0 aromatic rings. The molecular formula is C33H56. The summed E-state index contributed by atoms with van der Waals surface area (Å²) in [7, 11) is 0. The lowest BCUT2D eigenvalue weighted by molar-refractivity contribution is -0.108. The highest BCUT2D eigenvalue weighted by Crippen LogP contribution is 2.75. The molecule has 0 N–H and O–H groups in total. The van der Waals surface area contributed by atoms with Crippen molar-refractivity contribution in [3.05, 3.63) is 23.3 Å². The quantitative estimate of drug-likeness (QED) is 0.389. The maximum Gasteiger partial charge on any atom is -0.00136 e. The summed E-state index contributed by atoms with van der Waals surface area (Å²) in [5, 5.41) is 0. The third-order valence-electron chi connectivity index (χ3n) is 13.8. The summed E-state index contributed by atoms with van der Waals surface area (Å²) in [5.41, 5.74) is 5.40. The molecule has 0 bridgehead atoms. The highest BCUT2D eigenvalue weighted by Gasteiger charge is 2.66. The third-order valence-corrected chi connectivity index (χ3v) is 13.8. The van der Waals surface area contributed by atoms with Gasteiger partial charge in [-0.05, 0) is 106 Å². The Morgan fingerprint density at radius 1 is 0.788 bits per heavy atom. The molecular weight excluding hydrogens is 396 g/mol. The molecule has 4 aliphatic carbocycles. The average Bonchev–Trinajstić information content (AvgIpc) is 3.02. The molecule has 0 heteroatoms. The topological polar surface area (TPSA) is 0 Å². The molecule has 0 aliphatic heterocycles. The van der Waals surface area contributed by atoms with E-state index in [2.05, 4.69) is 88.3 Å². The molecule has 0 aromatic heterocycles. The van der Waals surface area contributed by atoms with E-state index in [1.807, 2.05) is 0 Å². The Kier molecular flexibility index (Phi) is 6.20. The smallest absolute Gasteiger partial charge is 0.00136 e. The van der Waals surface area contributed by atoms with Crippen LogP contribution in [0.25, 0.3) is 0 Å². The van der Waals surface area contributed by atoms with Crippen molar-refractivity contribution >= 4 is 0 Å². The standard InChI is InChI=1S/C33H56/c1-22(2)23(3)12-13-24(4)26-15-19-31(9)27-17-21-33(11)29(6,7)25(5)14-18-32(33,10)28(27)16-20-30(26,31)8/h16-17,22-26H,12-15,18-21H2,1-11H3/t23-,24-,25-,26+,30+,31-,32+,33-/m0/s1. The lowest BCUT2D eigenvalue weighted by Gasteiger charge is -2.67. The summed E-state index contributed by atoms with van der Waals surface area (Å²) in [4.78, 5) is 0. The Balaban J connectivity index is 1.67. The van der Waals surface area contributed by atoms with Crippen LogP contribution in [0.1, 0.15) is 128 Å². The number of rotatable bonds is 5. The number of fused-ring (bicyclic) bond motifs is 5. The van der Waals surface area contributed by atoms with Gasteiger partial charge >= 0.3 is 0 Å². The zero-order chi connectivity index (χ0) is 24.6. The summed E-state index contributed by atoms with van der Waals surface area (Å²) in [6.45, 7) is 28.2. The summed E-state index contributed by atoms with van der Waals surface area (Å²) in [6, 6.07) is 0. The van der Waals surface area contributed by atoms with Crippen molar-refractivity contribution in [1.82, 2.24) is 0 Å². The van der Waals surface area contributed by atoms with Crippen molar-refractivity contribution < 1.29 is 0 Å². The molecule has 0 radical (unpaired) electrons. The molecule has 0 heterocycles. The van der Waals surface area contributed by atoms with E-state index in [1.165, 1.54) is 51.4 Å². The van der Waals surface area contributed by atoms with E-state index in [0.29, 0.717) is 27.1 Å². The fraction of sp³-hybridized carbons (Fsp3) is 0.879. The largest absolute Gasteiger partial charge is 0.0799 e. The lowest BCUT2D eigenvalue weighted by Crippen LogP contribution is -2.58. The first-order valence-electron chi connectivity index (χ1n) is 14.6. The minimum Gasteiger partial charge on any atom is -0.0799 e. The molecule has 0 aromatic carbocycles. The molecule has 188 valence electrons. The minimum absolute atomic E-state index is 0.327. The number of allylic oxidation sites excluding steroid dienone is 4. The summed E-state index contributed by atoms with van der Waals surface area (Å²) in [6.07, 6.45) is 16.5. The van der Waals surface area contributed by atoms with Crippen LogP contribution < -0.4 is 0 Å². The summed E-state index contributed by atoms with van der Waals surface area (Å²) in [5.74, 6) is 4.17. The average molecular weight is 453 g/mol. The molecule has 0 spiro atoms. The van der Waals surface area contributed by atoms with Gasteiger partial charge in [-0.3, -0.25) is 0 Å². The molecule has 2 fully saturated rings. The van der Waals surface area contributed by atoms with E-state index in [1.54, 1.807) is 11.1 Å². The molecule has 2 saturated carbocycles. The van der Waals surface area contributed by atoms with Crippen LogP contribution in [0.3, 0.4) is 0 Å². The van der Waals surface area contributed by atoms with Crippen LogP contribution in [-0.4, -0.2) is 0 Å². The van der Waals surface area contributed by atoms with Crippen molar-refractivity contribution in [3.63, 3.8) is 0 Å². The number of hydrogen-bond acceptors (Lipinski definition) is 0. The summed E-state index contributed by atoms with van der Waals surface area (Å²) < 4.78 is 0. The van der Waals surface area contributed by atoms with E-state index in [9.17, 15) is 0 Å². The van der Waals surface area contributed by atoms with Crippen molar-refractivity contribution in [1.29, 1.82) is 0 Å². The van der Waals surface area contributed by atoms with Gasteiger partial charge in [-0.1, -0.05) is 101 Å². The Bertz CT molecular complexity index is 825. The maximum absolute atomic E-state index is 2.78. The van der Waals surface area contributed by atoms with Gasteiger partial charge in [0.15, 0.2) is 0 Å². The van der Waals surface area contributed by atoms with Crippen molar-refractivity contribution in [2.24, 2.45) is 56.7 Å². The predicted molar refractivity (Wildman–Crippen MR) is 145 cm³/mol. The zero-order valence-corrected chi connectivity index (χ0v) is 24.2. The van der Waals surface area contributed by atoms with Crippen molar-refractivity contribution in [3.8, 4) is 0 Å². The molecule has 0 amide bonds. The fourth-order valence-corrected chi connectivity index (χ4v) is 9.45. The molecule has 4 rings (SSSR count). The van der Waals surface area contributed by atoms with E-state index >= 15 is 0 Å². The molecule has 0 nitrogen and oxygen atoms in total. The van der Waals surface area contributed by atoms with Gasteiger partial charge in [0, 0.05) is 0 Å². The first-order chi connectivity index (χ1) is 15.2. The van der Waals surface area contributed by atoms with Gasteiger partial charge in [-0.2, -0.15) is 0 Å². The van der Waals surface area contributed by atoms with E-state index in [-0.39, 0.29) is 0 Å². The van der Waals surface area contributed by atoms with Crippen LogP contribution >= 0.6 is 0 Å². The highest BCUT2D eigenvalue weighted by molar-refractivity contribution is 5.51. The van der Waals surface area contributed by atoms with Crippen LogP contribution in [0.4, 0.5) is 0 Å². The second kappa shape index (κ2) is 8.00. The number of hydrogen-bond donors (Lipinski definition) is 0. The monoisotopic (exact) mass is 452 g/mol. The fourth-order valence-electron chi connectivity index (χ4n) is 9.45. The third kappa shape index (κ3) is 3.27. The SMILES string of the molecule is CC(C)[C@@H](C)CC[C@H](C)[C@H]1CC[C@@]2(C)C3=CC[C@@]4(C)C(C)(C)[C@@H](C)CC[C@]4(C)C3=CC[C@]12C. The normalized spacial score (nSPS) is 46.1. The van der Waals surface area contributed by atoms with Gasteiger partial charge in [0.1, 0.15) is 0 Å². The van der Waals surface area contributed by atoms with E-state index in [4.69, 9.17) is 0 Å². The van der Waals surface area contributed by atoms with Gasteiger partial charge in [-0.15, -0.1) is 0 Å². The minimum atomic E-state index is 0.327. The van der Waals surface area contributed by atoms with E-state index in [0.717, 1.165) is 29.6 Å². The van der Waals surface area contributed by atoms with Crippen LogP contribution in [-0.2, 0) is 0 Å². The highest BCUT2D eigenvalue weighted by atomic mass is 14.7.